The molecule has 0 saturated carbocycles. The summed E-state index contributed by atoms with van der Waals surface area (Å²) in [6.07, 6.45) is 5.31. The Labute approximate surface area is 100 Å². The van der Waals surface area contributed by atoms with Crippen LogP contribution in [0.25, 0.3) is 0 Å². The Balaban J connectivity index is 2.03. The zero-order valence-corrected chi connectivity index (χ0v) is 10.9. The molecule has 2 atom stereocenters. The smallest absolute Gasteiger partial charge is 0.249 e. The van der Waals surface area contributed by atoms with Gasteiger partial charge in [-0.2, -0.15) is 0 Å². The highest BCUT2D eigenvalue weighted by atomic mass is 79.9. The second-order valence-electron chi connectivity index (χ2n) is 4.05. The Morgan fingerprint density at radius 2 is 2.20 bits per heavy atom. The molecular formula is C11H20BrNO2. The molecular weight excluding hydrogens is 258 g/mol. The molecule has 1 heterocycles. The van der Waals surface area contributed by atoms with Crippen molar-refractivity contribution in [2.24, 2.45) is 0 Å². The van der Waals surface area contributed by atoms with Crippen molar-refractivity contribution in [2.75, 3.05) is 11.9 Å². The van der Waals surface area contributed by atoms with Gasteiger partial charge in [-0.25, -0.2) is 0 Å². The van der Waals surface area contributed by atoms with E-state index in [0.717, 1.165) is 37.6 Å². The van der Waals surface area contributed by atoms with Crippen molar-refractivity contribution in [1.82, 2.24) is 5.32 Å². The fraction of sp³-hybridized carbons (Fsp3) is 0.909. The average Bonchev–Trinajstić information content (AvgIpc) is 2.64. The number of unbranched alkanes of at least 4 members (excludes halogenated alkanes) is 2. The summed E-state index contributed by atoms with van der Waals surface area (Å²) in [6, 6.07) is 0. The van der Waals surface area contributed by atoms with Crippen LogP contribution in [0, 0.1) is 0 Å². The minimum atomic E-state index is -0.198. The van der Waals surface area contributed by atoms with Gasteiger partial charge in [0, 0.05) is 11.9 Å². The van der Waals surface area contributed by atoms with E-state index in [2.05, 4.69) is 21.2 Å². The lowest BCUT2D eigenvalue weighted by Gasteiger charge is -2.11. The second-order valence-corrected chi connectivity index (χ2v) is 4.85. The molecule has 1 fully saturated rings. The van der Waals surface area contributed by atoms with E-state index in [9.17, 15) is 4.79 Å². The standard InChI is InChI=1S/C11H20BrNO2/c1-9-5-6-10(15-9)11(14)13-8-4-2-3-7-12/h9-10H,2-8H2,1H3,(H,13,14). The second kappa shape index (κ2) is 7.23. The molecule has 1 saturated heterocycles. The summed E-state index contributed by atoms with van der Waals surface area (Å²) in [5.74, 6) is 0.0678. The number of carbonyl (C=O) groups excluding carboxylic acids is 1. The molecule has 0 spiro atoms. The van der Waals surface area contributed by atoms with Gasteiger partial charge in [0.15, 0.2) is 0 Å². The molecule has 4 heteroatoms. The lowest BCUT2D eigenvalue weighted by atomic mass is 10.2. The number of ether oxygens (including phenoxy) is 1. The van der Waals surface area contributed by atoms with Crippen molar-refractivity contribution in [3.63, 3.8) is 0 Å². The Bertz CT molecular complexity index is 199. The topological polar surface area (TPSA) is 38.3 Å². The quantitative estimate of drug-likeness (QED) is 0.597. The number of amides is 1. The average molecular weight is 278 g/mol. The van der Waals surface area contributed by atoms with Gasteiger partial charge in [-0.1, -0.05) is 22.4 Å². The van der Waals surface area contributed by atoms with Gasteiger partial charge in [0.25, 0.3) is 0 Å². The molecule has 0 aromatic carbocycles. The van der Waals surface area contributed by atoms with Gasteiger partial charge >= 0.3 is 0 Å². The largest absolute Gasteiger partial charge is 0.365 e. The molecule has 1 N–H and O–H groups in total. The fourth-order valence-electron chi connectivity index (χ4n) is 1.72. The molecule has 3 nitrogen and oxygen atoms in total. The molecule has 1 amide bonds. The minimum Gasteiger partial charge on any atom is -0.365 e. The van der Waals surface area contributed by atoms with Crippen molar-refractivity contribution < 1.29 is 9.53 Å². The molecule has 1 aliphatic rings. The van der Waals surface area contributed by atoms with Gasteiger partial charge in [-0.05, 0) is 32.6 Å². The number of hydrogen-bond donors (Lipinski definition) is 1. The van der Waals surface area contributed by atoms with Crippen molar-refractivity contribution >= 4 is 21.8 Å². The van der Waals surface area contributed by atoms with Gasteiger partial charge in [-0.15, -0.1) is 0 Å². The number of halogens is 1. The molecule has 0 bridgehead atoms. The molecule has 0 aromatic heterocycles. The highest BCUT2D eigenvalue weighted by molar-refractivity contribution is 9.09. The van der Waals surface area contributed by atoms with E-state index in [0.29, 0.717) is 0 Å². The van der Waals surface area contributed by atoms with Crippen LogP contribution in [0.15, 0.2) is 0 Å². The maximum Gasteiger partial charge on any atom is 0.249 e. The van der Waals surface area contributed by atoms with Gasteiger partial charge in [0.2, 0.25) is 5.91 Å². The van der Waals surface area contributed by atoms with E-state index in [4.69, 9.17) is 4.74 Å². The number of carbonyl (C=O) groups is 1. The molecule has 88 valence electrons. The Morgan fingerprint density at radius 1 is 1.40 bits per heavy atom. The summed E-state index contributed by atoms with van der Waals surface area (Å²) in [6.45, 7) is 2.79. The minimum absolute atomic E-state index is 0.0678. The van der Waals surface area contributed by atoms with E-state index < -0.39 is 0 Å². The molecule has 0 aliphatic carbocycles. The zero-order chi connectivity index (χ0) is 11.1. The van der Waals surface area contributed by atoms with Gasteiger partial charge in [-0.3, -0.25) is 4.79 Å². The third kappa shape index (κ3) is 4.98. The van der Waals surface area contributed by atoms with Gasteiger partial charge < -0.3 is 10.1 Å². The molecule has 1 rings (SSSR count). The summed E-state index contributed by atoms with van der Waals surface area (Å²) in [5.41, 5.74) is 0. The van der Waals surface area contributed by atoms with E-state index in [-0.39, 0.29) is 18.1 Å². The van der Waals surface area contributed by atoms with Crippen LogP contribution in [0.3, 0.4) is 0 Å². The summed E-state index contributed by atoms with van der Waals surface area (Å²) in [7, 11) is 0. The number of rotatable bonds is 6. The van der Waals surface area contributed by atoms with Crippen LogP contribution in [0.4, 0.5) is 0 Å². The van der Waals surface area contributed by atoms with Crippen LogP contribution in [0.2, 0.25) is 0 Å². The van der Waals surface area contributed by atoms with E-state index in [1.54, 1.807) is 0 Å². The maximum atomic E-state index is 11.6. The zero-order valence-electron chi connectivity index (χ0n) is 9.30. The van der Waals surface area contributed by atoms with E-state index in [1.807, 2.05) is 6.92 Å². The normalized spacial score (nSPS) is 25.5. The van der Waals surface area contributed by atoms with Crippen molar-refractivity contribution in [3.8, 4) is 0 Å². The van der Waals surface area contributed by atoms with Crippen molar-refractivity contribution in [1.29, 1.82) is 0 Å². The highest BCUT2D eigenvalue weighted by Gasteiger charge is 2.27. The first-order chi connectivity index (χ1) is 7.24. The molecule has 0 radical (unpaired) electrons. The predicted molar refractivity (Wildman–Crippen MR) is 64.2 cm³/mol. The van der Waals surface area contributed by atoms with Crippen LogP contribution in [0.5, 0.6) is 0 Å². The van der Waals surface area contributed by atoms with Crippen LogP contribution in [0.1, 0.15) is 39.0 Å². The first-order valence-electron chi connectivity index (χ1n) is 5.73. The summed E-state index contributed by atoms with van der Waals surface area (Å²) >= 11 is 3.38. The number of alkyl halides is 1. The van der Waals surface area contributed by atoms with Gasteiger partial charge in [0.1, 0.15) is 6.10 Å². The molecule has 0 aromatic rings. The predicted octanol–water partition coefficient (Wildman–Crippen LogP) is 2.24. The maximum absolute atomic E-state index is 11.6. The third-order valence-electron chi connectivity index (χ3n) is 2.63. The molecule has 15 heavy (non-hydrogen) atoms. The van der Waals surface area contributed by atoms with E-state index in [1.165, 1.54) is 6.42 Å². The SMILES string of the molecule is CC1CCC(C(=O)NCCCCCBr)O1. The number of hydrogen-bond acceptors (Lipinski definition) is 2. The Morgan fingerprint density at radius 3 is 2.80 bits per heavy atom. The third-order valence-corrected chi connectivity index (χ3v) is 3.19. The highest BCUT2D eigenvalue weighted by Crippen LogP contribution is 2.18. The molecule has 2 unspecified atom stereocenters. The van der Waals surface area contributed by atoms with Crippen LogP contribution in [-0.2, 0) is 9.53 Å². The number of nitrogens with one attached hydrogen (secondary N) is 1. The van der Waals surface area contributed by atoms with Crippen molar-refractivity contribution in [3.05, 3.63) is 0 Å². The van der Waals surface area contributed by atoms with Crippen LogP contribution >= 0.6 is 15.9 Å². The first kappa shape index (κ1) is 13.0. The monoisotopic (exact) mass is 277 g/mol. The van der Waals surface area contributed by atoms with Crippen LogP contribution in [-0.4, -0.2) is 30.0 Å². The fourth-order valence-corrected chi connectivity index (χ4v) is 2.11. The molecule has 1 aliphatic heterocycles. The first-order valence-corrected chi connectivity index (χ1v) is 6.85. The summed E-state index contributed by atoms with van der Waals surface area (Å²) < 4.78 is 5.48. The Hall–Kier alpha value is -0.0900. The summed E-state index contributed by atoms with van der Waals surface area (Å²) in [5, 5.41) is 3.97. The summed E-state index contributed by atoms with van der Waals surface area (Å²) in [4.78, 5) is 11.6. The van der Waals surface area contributed by atoms with Crippen LogP contribution < -0.4 is 5.32 Å². The van der Waals surface area contributed by atoms with Crippen molar-refractivity contribution in [2.45, 2.75) is 51.2 Å². The lowest BCUT2D eigenvalue weighted by molar-refractivity contribution is -0.131. The van der Waals surface area contributed by atoms with E-state index >= 15 is 0 Å². The Kier molecular flexibility index (Phi) is 6.25. The lowest BCUT2D eigenvalue weighted by Crippen LogP contribution is -2.35. The van der Waals surface area contributed by atoms with Gasteiger partial charge in [0.05, 0.1) is 6.10 Å².